The molecular weight excluding hydrogens is 500 g/mol. The highest BCUT2D eigenvalue weighted by molar-refractivity contribution is 6.27. The molecule has 0 fully saturated rings. The van der Waals surface area contributed by atoms with Crippen molar-refractivity contribution >= 4 is 23.2 Å². The summed E-state index contributed by atoms with van der Waals surface area (Å²) < 4.78 is 0. The molecule has 3 aromatic carbocycles. The Hall–Kier alpha value is -5.31. The van der Waals surface area contributed by atoms with Gasteiger partial charge in [-0.05, 0) is 65.1 Å². The van der Waals surface area contributed by atoms with Crippen molar-refractivity contribution in [2.45, 2.75) is 19.5 Å². The van der Waals surface area contributed by atoms with Crippen molar-refractivity contribution in [1.29, 1.82) is 0 Å². The van der Waals surface area contributed by atoms with Crippen LogP contribution >= 0.6 is 0 Å². The Kier molecular flexibility index (Phi) is 6.64. The van der Waals surface area contributed by atoms with Gasteiger partial charge in [-0.25, -0.2) is 0 Å². The summed E-state index contributed by atoms with van der Waals surface area (Å²) in [7, 11) is 0. The lowest BCUT2D eigenvalue weighted by molar-refractivity contribution is -0.117. The van der Waals surface area contributed by atoms with Crippen LogP contribution in [0.3, 0.4) is 0 Å². The summed E-state index contributed by atoms with van der Waals surface area (Å²) >= 11 is 0. The van der Waals surface area contributed by atoms with Gasteiger partial charge in [0.1, 0.15) is 0 Å². The zero-order chi connectivity index (χ0) is 27.7. The van der Waals surface area contributed by atoms with E-state index in [0.717, 1.165) is 0 Å². The number of carbonyl (C=O) groups excluding carboxylic acids is 3. The molecule has 2 amide bonds. The van der Waals surface area contributed by atoms with Crippen LogP contribution in [0, 0.1) is 0 Å². The highest BCUT2D eigenvalue weighted by Crippen LogP contribution is 2.39. The third-order valence-electron chi connectivity index (χ3n) is 6.61. The number of phenolic OH excluding ortho intramolecular Hbond substituents is 4. The monoisotopic (exact) mass is 524 g/mol. The van der Waals surface area contributed by atoms with Gasteiger partial charge in [0.15, 0.2) is 28.8 Å². The maximum Gasteiger partial charge on any atom is 0.251 e. The quantitative estimate of drug-likeness (QED) is 0.269. The summed E-state index contributed by atoms with van der Waals surface area (Å²) in [6.07, 6.45) is 5.32. The summed E-state index contributed by atoms with van der Waals surface area (Å²) in [5.74, 6) is -1.99. The van der Waals surface area contributed by atoms with E-state index in [1.54, 1.807) is 48.6 Å². The number of nitrogens with one attached hydrogen (secondary N) is 2. The molecule has 0 unspecified atom stereocenters. The Morgan fingerprint density at radius 2 is 1.28 bits per heavy atom. The lowest BCUT2D eigenvalue weighted by Gasteiger charge is -2.08. The van der Waals surface area contributed by atoms with Gasteiger partial charge in [0.2, 0.25) is 5.91 Å². The van der Waals surface area contributed by atoms with E-state index in [1.165, 1.54) is 24.3 Å². The maximum absolute atomic E-state index is 13.2. The molecule has 5 rings (SSSR count). The van der Waals surface area contributed by atoms with Gasteiger partial charge in [0, 0.05) is 35.4 Å². The van der Waals surface area contributed by atoms with Gasteiger partial charge in [-0.1, -0.05) is 36.4 Å². The number of benzene rings is 3. The first-order chi connectivity index (χ1) is 18.7. The second-order valence-corrected chi connectivity index (χ2v) is 9.20. The zero-order valence-electron chi connectivity index (χ0n) is 20.6. The molecule has 39 heavy (non-hydrogen) atoms. The summed E-state index contributed by atoms with van der Waals surface area (Å²) in [4.78, 5) is 38.6. The van der Waals surface area contributed by atoms with Crippen LogP contribution in [0.15, 0.2) is 84.0 Å². The third-order valence-corrected chi connectivity index (χ3v) is 6.61. The summed E-state index contributed by atoms with van der Waals surface area (Å²) in [5.41, 5.74) is 4.18. The predicted octanol–water partition coefficient (Wildman–Crippen LogP) is 3.59. The lowest BCUT2D eigenvalue weighted by atomic mass is 10.0. The summed E-state index contributed by atoms with van der Waals surface area (Å²) in [6.45, 7) is 0.273. The first-order valence-electron chi connectivity index (χ1n) is 12.1. The molecule has 0 saturated heterocycles. The van der Waals surface area contributed by atoms with Crippen LogP contribution in [0.2, 0.25) is 0 Å². The fraction of sp³-hybridized carbons (Fsp3) is 0.100. The van der Waals surface area contributed by atoms with Crippen molar-refractivity contribution in [3.05, 3.63) is 112 Å². The predicted molar refractivity (Wildman–Crippen MR) is 142 cm³/mol. The van der Waals surface area contributed by atoms with E-state index >= 15 is 0 Å². The zero-order valence-corrected chi connectivity index (χ0v) is 20.6. The van der Waals surface area contributed by atoms with Crippen molar-refractivity contribution in [1.82, 2.24) is 10.6 Å². The van der Waals surface area contributed by atoms with E-state index in [0.29, 0.717) is 44.5 Å². The van der Waals surface area contributed by atoms with Gasteiger partial charge in [-0.15, -0.1) is 0 Å². The molecule has 9 nitrogen and oxygen atoms in total. The largest absolute Gasteiger partial charge is 0.504 e. The molecule has 196 valence electrons. The number of rotatable bonds is 6. The van der Waals surface area contributed by atoms with E-state index in [2.05, 4.69) is 10.6 Å². The molecule has 0 heterocycles. The van der Waals surface area contributed by atoms with E-state index in [4.69, 9.17) is 0 Å². The number of amides is 2. The molecule has 0 aliphatic heterocycles. The number of allylic oxidation sites excluding steroid dienone is 5. The van der Waals surface area contributed by atoms with Crippen molar-refractivity contribution < 1.29 is 34.8 Å². The second kappa shape index (κ2) is 10.2. The number of aromatic hydroxyl groups is 4. The topological polar surface area (TPSA) is 156 Å². The molecular formula is C30H24N2O7. The Morgan fingerprint density at radius 3 is 1.90 bits per heavy atom. The van der Waals surface area contributed by atoms with Gasteiger partial charge in [-0.3, -0.25) is 14.4 Å². The molecule has 0 radical (unpaired) electrons. The molecule has 3 aromatic rings. The Morgan fingerprint density at radius 1 is 0.667 bits per heavy atom. The number of carbonyl (C=O) groups is 3. The molecule has 0 bridgehead atoms. The average Bonchev–Trinajstić information content (AvgIpc) is 3.06. The van der Waals surface area contributed by atoms with Gasteiger partial charge in [0.05, 0.1) is 0 Å². The number of Topliss-reactive ketones (excluding diaryl/α,β-unsaturated/α-hetero) is 1. The third kappa shape index (κ3) is 5.10. The van der Waals surface area contributed by atoms with Gasteiger partial charge in [-0.2, -0.15) is 0 Å². The molecule has 0 atom stereocenters. The molecule has 2 aliphatic carbocycles. The average molecular weight is 525 g/mol. The molecule has 9 heteroatoms. The van der Waals surface area contributed by atoms with Crippen LogP contribution < -0.4 is 10.6 Å². The second-order valence-electron chi connectivity index (χ2n) is 9.20. The summed E-state index contributed by atoms with van der Waals surface area (Å²) in [6, 6.07) is 13.4. The Balaban J connectivity index is 1.29. The van der Waals surface area contributed by atoms with Crippen molar-refractivity contribution in [3.8, 4) is 23.0 Å². The van der Waals surface area contributed by atoms with E-state index < -0.39 is 5.91 Å². The maximum atomic E-state index is 13.2. The lowest BCUT2D eigenvalue weighted by Crippen LogP contribution is -2.24. The SMILES string of the molecule is O=C(NCc1ccc(O)c(O)c1)C1=CC=C2C(=CC1)C(=O)c1cc(C(=O)NCc3ccc(O)c(O)c3)ccc12. The highest BCUT2D eigenvalue weighted by Gasteiger charge is 2.31. The Bertz CT molecular complexity index is 1630. The number of hydrogen-bond donors (Lipinski definition) is 6. The first kappa shape index (κ1) is 25.3. The number of fused-ring (bicyclic) bond motifs is 3. The van der Waals surface area contributed by atoms with Crippen LogP contribution in [-0.4, -0.2) is 38.0 Å². The van der Waals surface area contributed by atoms with E-state index in [1.807, 2.05) is 0 Å². The molecule has 0 aromatic heterocycles. The molecule has 0 spiro atoms. The minimum absolute atomic E-state index is 0.123. The minimum atomic E-state index is -0.394. The number of hydrogen-bond acceptors (Lipinski definition) is 7. The fourth-order valence-electron chi connectivity index (χ4n) is 4.47. The van der Waals surface area contributed by atoms with Crippen molar-refractivity contribution in [3.63, 3.8) is 0 Å². The number of phenols is 4. The van der Waals surface area contributed by atoms with Gasteiger partial charge >= 0.3 is 0 Å². The van der Waals surface area contributed by atoms with Crippen molar-refractivity contribution in [2.75, 3.05) is 0 Å². The van der Waals surface area contributed by atoms with Crippen molar-refractivity contribution in [2.24, 2.45) is 0 Å². The van der Waals surface area contributed by atoms with E-state index in [9.17, 15) is 34.8 Å². The molecule has 6 N–H and O–H groups in total. The fourth-order valence-corrected chi connectivity index (χ4v) is 4.47. The van der Waals surface area contributed by atoms with Crippen LogP contribution in [-0.2, 0) is 17.9 Å². The molecule has 2 aliphatic rings. The standard InChI is InChI=1S/C30H24N2O7/c33-24-9-1-16(11-26(24)35)14-31-29(38)18-3-6-20-21-7-5-19(13-23(21)28(37)22(20)8-4-18)30(39)32-15-17-2-10-25(34)27(36)12-17/h1-3,5-13,33-36H,4,14-15H2,(H,31,38)(H,32,39). The van der Waals surface area contributed by atoms with Crippen LogP contribution in [0.1, 0.15) is 43.8 Å². The normalized spacial score (nSPS) is 13.8. The molecule has 0 saturated carbocycles. The van der Waals surface area contributed by atoms with Gasteiger partial charge < -0.3 is 31.1 Å². The van der Waals surface area contributed by atoms with E-state index in [-0.39, 0.29) is 54.2 Å². The Labute approximate surface area is 223 Å². The summed E-state index contributed by atoms with van der Waals surface area (Å²) in [5, 5.41) is 43.6. The van der Waals surface area contributed by atoms with Gasteiger partial charge in [0.25, 0.3) is 5.91 Å². The number of ketones is 1. The minimum Gasteiger partial charge on any atom is -0.504 e. The van der Waals surface area contributed by atoms with Crippen LogP contribution in [0.25, 0.3) is 5.57 Å². The van der Waals surface area contributed by atoms with Crippen LogP contribution in [0.5, 0.6) is 23.0 Å². The highest BCUT2D eigenvalue weighted by atomic mass is 16.3. The van der Waals surface area contributed by atoms with Crippen LogP contribution in [0.4, 0.5) is 0 Å². The first-order valence-corrected chi connectivity index (χ1v) is 12.1. The smallest absolute Gasteiger partial charge is 0.251 e.